The number of nitrogens with one attached hydrogen (secondary N) is 3. The lowest BCUT2D eigenvalue weighted by Gasteiger charge is -2.19. The molecule has 0 saturated carbocycles. The molecule has 0 bridgehead atoms. The summed E-state index contributed by atoms with van der Waals surface area (Å²) in [5.74, 6) is -0.234. The number of hydrogen-bond acceptors (Lipinski definition) is 3. The number of anilines is 1. The Hall–Kier alpha value is -1.97. The predicted octanol–water partition coefficient (Wildman–Crippen LogP) is 3.12. The van der Waals surface area contributed by atoms with Gasteiger partial charge in [-0.2, -0.15) is 0 Å². The van der Waals surface area contributed by atoms with Crippen molar-refractivity contribution in [1.82, 2.24) is 10.6 Å². The predicted molar refractivity (Wildman–Crippen MR) is 79.3 cm³/mol. The van der Waals surface area contributed by atoms with Crippen LogP contribution in [-0.4, -0.2) is 13.6 Å². The third-order valence-corrected chi connectivity index (χ3v) is 2.65. The van der Waals surface area contributed by atoms with Crippen molar-refractivity contribution in [3.8, 4) is 0 Å². The largest absolute Gasteiger partial charge is 0.387 e. The van der Waals surface area contributed by atoms with Gasteiger partial charge in [0.15, 0.2) is 0 Å². The van der Waals surface area contributed by atoms with Crippen molar-refractivity contribution in [2.24, 2.45) is 0 Å². The summed E-state index contributed by atoms with van der Waals surface area (Å²) in [5, 5.41) is 9.27. The Bertz CT molecular complexity index is 478. The fourth-order valence-electron chi connectivity index (χ4n) is 1.73. The Balaban J connectivity index is 0.000000861. The highest BCUT2D eigenvalue weighted by molar-refractivity contribution is 5.53. The summed E-state index contributed by atoms with van der Waals surface area (Å²) >= 11 is 0. The second-order valence-electron chi connectivity index (χ2n) is 3.96. The number of hydrogen-bond donors (Lipinski definition) is 3. The second-order valence-corrected chi connectivity index (χ2v) is 3.96. The van der Waals surface area contributed by atoms with E-state index in [2.05, 4.69) is 16.0 Å². The van der Waals surface area contributed by atoms with Crippen LogP contribution >= 0.6 is 0 Å². The number of likely N-dealkylation sites (N-methyl/N-ethyl adjacent to an activating group) is 1. The fraction of sp³-hybridized carbons (Fsp3) is 0.333. The monoisotopic (exact) mass is 263 g/mol. The topological polar surface area (TPSA) is 36.1 Å². The minimum atomic E-state index is -0.234. The molecule has 2 rings (SSSR count). The molecule has 1 heterocycles. The first-order valence-corrected chi connectivity index (χ1v) is 6.54. The third-order valence-electron chi connectivity index (χ3n) is 2.65. The van der Waals surface area contributed by atoms with Crippen molar-refractivity contribution in [3.05, 3.63) is 53.2 Å². The van der Waals surface area contributed by atoms with Crippen LogP contribution in [-0.2, 0) is 0 Å². The van der Waals surface area contributed by atoms with Crippen LogP contribution in [0.4, 0.5) is 10.1 Å². The number of rotatable bonds is 3. The summed E-state index contributed by atoms with van der Waals surface area (Å²) in [6.07, 6.45) is 3.78. The van der Waals surface area contributed by atoms with Gasteiger partial charge in [0.05, 0.1) is 23.6 Å². The zero-order valence-corrected chi connectivity index (χ0v) is 12.0. The van der Waals surface area contributed by atoms with E-state index in [1.54, 1.807) is 6.07 Å². The molecular formula is C15H22FN3. The normalized spacial score (nSPS) is 13.3. The Morgan fingerprint density at radius 1 is 1.26 bits per heavy atom. The van der Waals surface area contributed by atoms with Crippen LogP contribution in [0.15, 0.2) is 41.9 Å². The van der Waals surface area contributed by atoms with Crippen LogP contribution in [0.3, 0.4) is 0 Å². The minimum absolute atomic E-state index is 0.234. The number of dihydropyridines is 1. The third kappa shape index (κ3) is 4.02. The lowest BCUT2D eigenvalue weighted by atomic mass is 10.2. The smallest absolute Gasteiger partial charge is 0.146 e. The average molecular weight is 263 g/mol. The zero-order chi connectivity index (χ0) is 14.3. The molecule has 1 aliphatic rings. The van der Waals surface area contributed by atoms with Gasteiger partial charge in [-0.05, 0) is 36.9 Å². The van der Waals surface area contributed by atoms with Gasteiger partial charge in [0.1, 0.15) is 5.82 Å². The molecule has 1 aromatic carbocycles. The molecule has 3 N–H and O–H groups in total. The molecule has 0 saturated heterocycles. The van der Waals surface area contributed by atoms with E-state index in [1.807, 2.05) is 46.2 Å². The molecule has 3 nitrogen and oxygen atoms in total. The summed E-state index contributed by atoms with van der Waals surface area (Å²) in [7, 11) is 1.85. The van der Waals surface area contributed by atoms with Crippen LogP contribution in [0, 0.1) is 12.7 Å². The molecule has 0 unspecified atom stereocenters. The van der Waals surface area contributed by atoms with E-state index in [4.69, 9.17) is 0 Å². The molecule has 0 amide bonds. The summed E-state index contributed by atoms with van der Waals surface area (Å²) in [4.78, 5) is 0. The maximum absolute atomic E-state index is 13.7. The number of benzene rings is 1. The molecule has 1 aromatic rings. The first-order chi connectivity index (χ1) is 9.20. The van der Waals surface area contributed by atoms with Crippen LogP contribution < -0.4 is 16.0 Å². The standard InChI is InChI=1S/C13H16FN3.C2H6/c1-9-3-4-11(10(14)7-9)17-13-8-16-6-5-12(13)15-2;1-2/h3-7,15-17H,8H2,1-2H3;1-2H3. The molecule has 0 aliphatic carbocycles. The lowest BCUT2D eigenvalue weighted by molar-refractivity contribution is 0.629. The van der Waals surface area contributed by atoms with Gasteiger partial charge in [-0.15, -0.1) is 0 Å². The van der Waals surface area contributed by atoms with E-state index in [9.17, 15) is 4.39 Å². The molecule has 1 aliphatic heterocycles. The number of halogens is 1. The van der Waals surface area contributed by atoms with Crippen LogP contribution in [0.1, 0.15) is 19.4 Å². The maximum Gasteiger partial charge on any atom is 0.146 e. The Labute approximate surface area is 114 Å². The van der Waals surface area contributed by atoms with Gasteiger partial charge in [0, 0.05) is 7.05 Å². The highest BCUT2D eigenvalue weighted by Gasteiger charge is 2.09. The summed E-state index contributed by atoms with van der Waals surface area (Å²) in [6.45, 7) is 6.52. The second kappa shape index (κ2) is 7.46. The Kier molecular flexibility index (Phi) is 5.93. The number of aryl methyl sites for hydroxylation is 1. The molecule has 4 heteroatoms. The summed E-state index contributed by atoms with van der Waals surface area (Å²) in [6, 6.07) is 5.16. The molecule has 104 valence electrons. The highest BCUT2D eigenvalue weighted by atomic mass is 19.1. The van der Waals surface area contributed by atoms with Gasteiger partial charge < -0.3 is 16.0 Å². The minimum Gasteiger partial charge on any atom is -0.387 e. The average Bonchev–Trinajstić information content (AvgIpc) is 2.45. The van der Waals surface area contributed by atoms with Gasteiger partial charge in [-0.25, -0.2) is 4.39 Å². The summed E-state index contributed by atoms with van der Waals surface area (Å²) in [5.41, 5.74) is 3.30. The maximum atomic E-state index is 13.7. The molecule has 0 atom stereocenters. The lowest BCUT2D eigenvalue weighted by Crippen LogP contribution is -2.25. The van der Waals surface area contributed by atoms with E-state index >= 15 is 0 Å². The highest BCUT2D eigenvalue weighted by Crippen LogP contribution is 2.18. The van der Waals surface area contributed by atoms with Crippen LogP contribution in [0.5, 0.6) is 0 Å². The van der Waals surface area contributed by atoms with Gasteiger partial charge >= 0.3 is 0 Å². The van der Waals surface area contributed by atoms with Crippen molar-refractivity contribution < 1.29 is 4.39 Å². The van der Waals surface area contributed by atoms with E-state index in [-0.39, 0.29) is 5.82 Å². The Morgan fingerprint density at radius 3 is 2.63 bits per heavy atom. The van der Waals surface area contributed by atoms with Crippen molar-refractivity contribution in [3.63, 3.8) is 0 Å². The van der Waals surface area contributed by atoms with Crippen molar-refractivity contribution in [2.45, 2.75) is 20.8 Å². The van der Waals surface area contributed by atoms with Crippen LogP contribution in [0.25, 0.3) is 0 Å². The molecule has 0 spiro atoms. The van der Waals surface area contributed by atoms with Gasteiger partial charge in [0.25, 0.3) is 0 Å². The Morgan fingerprint density at radius 2 is 2.00 bits per heavy atom. The molecule has 19 heavy (non-hydrogen) atoms. The van der Waals surface area contributed by atoms with E-state index in [0.29, 0.717) is 12.2 Å². The van der Waals surface area contributed by atoms with Gasteiger partial charge in [0.2, 0.25) is 0 Å². The molecule has 0 fully saturated rings. The van der Waals surface area contributed by atoms with Crippen molar-refractivity contribution in [2.75, 3.05) is 18.9 Å². The summed E-state index contributed by atoms with van der Waals surface area (Å²) < 4.78 is 13.7. The molecule has 0 radical (unpaired) electrons. The van der Waals surface area contributed by atoms with Crippen molar-refractivity contribution >= 4 is 5.69 Å². The van der Waals surface area contributed by atoms with E-state index in [1.165, 1.54) is 6.07 Å². The quantitative estimate of drug-likeness (QED) is 0.784. The molecule has 0 aromatic heterocycles. The van der Waals surface area contributed by atoms with Crippen LogP contribution in [0.2, 0.25) is 0 Å². The first-order valence-electron chi connectivity index (χ1n) is 6.54. The zero-order valence-electron chi connectivity index (χ0n) is 12.0. The van der Waals surface area contributed by atoms with E-state index < -0.39 is 0 Å². The number of allylic oxidation sites excluding steroid dienone is 1. The van der Waals surface area contributed by atoms with Crippen molar-refractivity contribution in [1.29, 1.82) is 0 Å². The fourth-order valence-corrected chi connectivity index (χ4v) is 1.73. The van der Waals surface area contributed by atoms with Gasteiger partial charge in [-0.1, -0.05) is 19.9 Å². The van der Waals surface area contributed by atoms with E-state index in [0.717, 1.165) is 17.0 Å². The first kappa shape index (κ1) is 15.1. The van der Waals surface area contributed by atoms with Gasteiger partial charge in [-0.3, -0.25) is 0 Å². The SMILES string of the molecule is CC.CNC1=C(Nc2ccc(C)cc2F)CNC=C1. The molecular weight excluding hydrogens is 241 g/mol.